The van der Waals surface area contributed by atoms with Crippen LogP contribution in [0, 0.1) is 11.8 Å². The Morgan fingerprint density at radius 3 is 2.42 bits per heavy atom. The molecule has 3 atom stereocenters. The standard InChI is InChI=1S/C10H20O2/c1-7(2)10(12)5-4-9(11)8(3)6-10/h7-9,11-12H,4-6H2,1-3H3/t8-,9-,10-/m0/s1. The summed E-state index contributed by atoms with van der Waals surface area (Å²) in [6.45, 7) is 6.10. The minimum absolute atomic E-state index is 0.205. The molecule has 0 bridgehead atoms. The number of hydrogen-bond acceptors (Lipinski definition) is 2. The highest BCUT2D eigenvalue weighted by atomic mass is 16.3. The zero-order chi connectivity index (χ0) is 9.35. The van der Waals surface area contributed by atoms with E-state index in [0.29, 0.717) is 5.92 Å². The highest BCUT2D eigenvalue weighted by Crippen LogP contribution is 2.37. The molecule has 0 aromatic rings. The van der Waals surface area contributed by atoms with Crippen LogP contribution < -0.4 is 0 Å². The first-order chi connectivity index (χ1) is 5.46. The number of rotatable bonds is 1. The molecule has 0 amide bonds. The zero-order valence-corrected chi connectivity index (χ0v) is 8.25. The highest BCUT2D eigenvalue weighted by molar-refractivity contribution is 4.90. The van der Waals surface area contributed by atoms with Crippen molar-refractivity contribution in [3.05, 3.63) is 0 Å². The van der Waals surface area contributed by atoms with Crippen LogP contribution in [0.5, 0.6) is 0 Å². The molecule has 0 unspecified atom stereocenters. The molecule has 0 aliphatic heterocycles. The molecule has 0 aromatic heterocycles. The molecule has 0 radical (unpaired) electrons. The first-order valence-corrected chi connectivity index (χ1v) is 4.86. The summed E-state index contributed by atoms with van der Waals surface area (Å²) >= 11 is 0. The van der Waals surface area contributed by atoms with Gasteiger partial charge < -0.3 is 10.2 Å². The summed E-state index contributed by atoms with van der Waals surface area (Å²) in [6.07, 6.45) is 2.03. The Hall–Kier alpha value is -0.0800. The van der Waals surface area contributed by atoms with Gasteiger partial charge in [-0.1, -0.05) is 20.8 Å². The summed E-state index contributed by atoms with van der Waals surface area (Å²) in [7, 11) is 0. The number of aliphatic hydroxyl groups excluding tert-OH is 1. The molecular weight excluding hydrogens is 152 g/mol. The first-order valence-electron chi connectivity index (χ1n) is 4.86. The predicted molar refractivity (Wildman–Crippen MR) is 48.8 cm³/mol. The fourth-order valence-electron chi connectivity index (χ4n) is 2.00. The maximum atomic E-state index is 10.1. The summed E-state index contributed by atoms with van der Waals surface area (Å²) < 4.78 is 0. The van der Waals surface area contributed by atoms with Crippen molar-refractivity contribution in [1.82, 2.24) is 0 Å². The topological polar surface area (TPSA) is 40.5 Å². The van der Waals surface area contributed by atoms with E-state index in [2.05, 4.69) is 0 Å². The lowest BCUT2D eigenvalue weighted by molar-refractivity contribution is -0.0866. The minimum atomic E-state index is -0.529. The van der Waals surface area contributed by atoms with Crippen molar-refractivity contribution in [1.29, 1.82) is 0 Å². The van der Waals surface area contributed by atoms with Crippen molar-refractivity contribution in [2.45, 2.75) is 51.7 Å². The van der Waals surface area contributed by atoms with Gasteiger partial charge in [0.05, 0.1) is 11.7 Å². The lowest BCUT2D eigenvalue weighted by Crippen LogP contribution is -2.44. The van der Waals surface area contributed by atoms with Crippen LogP contribution in [-0.4, -0.2) is 21.9 Å². The van der Waals surface area contributed by atoms with Gasteiger partial charge in [-0.25, -0.2) is 0 Å². The molecule has 2 heteroatoms. The molecule has 1 aliphatic carbocycles. The molecule has 72 valence electrons. The van der Waals surface area contributed by atoms with Crippen molar-refractivity contribution in [3.8, 4) is 0 Å². The van der Waals surface area contributed by atoms with Crippen LogP contribution >= 0.6 is 0 Å². The van der Waals surface area contributed by atoms with E-state index in [1.165, 1.54) is 0 Å². The third-order valence-electron chi connectivity index (χ3n) is 3.28. The summed E-state index contributed by atoms with van der Waals surface area (Å²) in [5.41, 5.74) is -0.529. The van der Waals surface area contributed by atoms with Crippen LogP contribution in [0.15, 0.2) is 0 Å². The van der Waals surface area contributed by atoms with Crippen molar-refractivity contribution < 1.29 is 10.2 Å². The maximum Gasteiger partial charge on any atom is 0.0675 e. The second kappa shape index (κ2) is 3.35. The lowest BCUT2D eigenvalue weighted by atomic mass is 9.72. The molecule has 1 fully saturated rings. The molecular formula is C10H20O2. The van der Waals surface area contributed by atoms with Crippen molar-refractivity contribution in [2.75, 3.05) is 0 Å². The van der Waals surface area contributed by atoms with Gasteiger partial charge in [-0.3, -0.25) is 0 Å². The summed E-state index contributed by atoms with van der Waals surface area (Å²) in [4.78, 5) is 0. The Balaban J connectivity index is 2.60. The van der Waals surface area contributed by atoms with Gasteiger partial charge in [0.2, 0.25) is 0 Å². The van der Waals surface area contributed by atoms with E-state index in [4.69, 9.17) is 0 Å². The van der Waals surface area contributed by atoms with Crippen molar-refractivity contribution in [2.24, 2.45) is 11.8 Å². The first kappa shape index (κ1) is 10.0. The van der Waals surface area contributed by atoms with Gasteiger partial charge in [0.25, 0.3) is 0 Å². The second-order valence-electron chi connectivity index (χ2n) is 4.55. The maximum absolute atomic E-state index is 10.1. The lowest BCUT2D eigenvalue weighted by Gasteiger charge is -2.41. The third-order valence-corrected chi connectivity index (χ3v) is 3.28. The summed E-state index contributed by atoms with van der Waals surface area (Å²) in [6, 6.07) is 0. The number of aliphatic hydroxyl groups is 2. The Morgan fingerprint density at radius 1 is 1.42 bits per heavy atom. The van der Waals surface area contributed by atoms with Crippen LogP contribution in [0.2, 0.25) is 0 Å². The Morgan fingerprint density at radius 2 is 2.00 bits per heavy atom. The molecule has 1 rings (SSSR count). The quantitative estimate of drug-likeness (QED) is 0.630. The third kappa shape index (κ3) is 1.80. The molecule has 0 aromatic carbocycles. The average Bonchev–Trinajstić information content (AvgIpc) is 1.97. The van der Waals surface area contributed by atoms with E-state index in [1.54, 1.807) is 0 Å². The van der Waals surface area contributed by atoms with E-state index >= 15 is 0 Å². The fourth-order valence-corrected chi connectivity index (χ4v) is 2.00. The molecule has 2 N–H and O–H groups in total. The van der Waals surface area contributed by atoms with Gasteiger partial charge in [0.1, 0.15) is 0 Å². The minimum Gasteiger partial charge on any atom is -0.393 e. The fraction of sp³-hybridized carbons (Fsp3) is 1.00. The van der Waals surface area contributed by atoms with E-state index in [9.17, 15) is 10.2 Å². The van der Waals surface area contributed by atoms with Crippen molar-refractivity contribution >= 4 is 0 Å². The Labute approximate surface area is 74.6 Å². The highest BCUT2D eigenvalue weighted by Gasteiger charge is 2.38. The SMILES string of the molecule is CC(C)[C@]1(O)CC[C@H](O)[C@@H](C)C1. The second-order valence-corrected chi connectivity index (χ2v) is 4.55. The van der Waals surface area contributed by atoms with Gasteiger partial charge in [-0.05, 0) is 31.1 Å². The molecule has 1 saturated carbocycles. The van der Waals surface area contributed by atoms with Crippen LogP contribution in [0.3, 0.4) is 0 Å². The Bertz CT molecular complexity index is 156. The monoisotopic (exact) mass is 172 g/mol. The van der Waals surface area contributed by atoms with Crippen LogP contribution in [-0.2, 0) is 0 Å². The average molecular weight is 172 g/mol. The molecule has 0 heterocycles. The molecule has 0 saturated heterocycles. The van der Waals surface area contributed by atoms with Gasteiger partial charge in [0.15, 0.2) is 0 Å². The van der Waals surface area contributed by atoms with Gasteiger partial charge in [-0.15, -0.1) is 0 Å². The molecule has 2 nitrogen and oxygen atoms in total. The largest absolute Gasteiger partial charge is 0.393 e. The van der Waals surface area contributed by atoms with Gasteiger partial charge in [0, 0.05) is 0 Å². The summed E-state index contributed by atoms with van der Waals surface area (Å²) in [5.74, 6) is 0.540. The number of hydrogen-bond donors (Lipinski definition) is 2. The van der Waals surface area contributed by atoms with Crippen molar-refractivity contribution in [3.63, 3.8) is 0 Å². The van der Waals surface area contributed by atoms with Gasteiger partial charge in [-0.2, -0.15) is 0 Å². The van der Waals surface area contributed by atoms with E-state index in [1.807, 2.05) is 20.8 Å². The van der Waals surface area contributed by atoms with Gasteiger partial charge >= 0.3 is 0 Å². The zero-order valence-electron chi connectivity index (χ0n) is 8.25. The van der Waals surface area contributed by atoms with Crippen LogP contribution in [0.1, 0.15) is 40.0 Å². The molecule has 1 aliphatic rings. The van der Waals surface area contributed by atoms with Crippen LogP contribution in [0.25, 0.3) is 0 Å². The van der Waals surface area contributed by atoms with E-state index in [0.717, 1.165) is 19.3 Å². The van der Waals surface area contributed by atoms with E-state index in [-0.39, 0.29) is 12.0 Å². The van der Waals surface area contributed by atoms with E-state index < -0.39 is 5.60 Å². The molecule has 12 heavy (non-hydrogen) atoms. The van der Waals surface area contributed by atoms with Crippen LogP contribution in [0.4, 0.5) is 0 Å². The summed E-state index contributed by atoms with van der Waals surface area (Å²) in [5, 5.41) is 19.6. The molecule has 0 spiro atoms. The Kier molecular flexibility index (Phi) is 2.79. The predicted octanol–water partition coefficient (Wildman–Crippen LogP) is 1.55. The normalized spacial score (nSPS) is 43.5. The smallest absolute Gasteiger partial charge is 0.0675 e.